The molecule has 4 atom stereocenters. The monoisotopic (exact) mass is 255 g/mol. The molecule has 2 heteroatoms. The summed E-state index contributed by atoms with van der Waals surface area (Å²) in [5.74, 6) is 3.04. The third kappa shape index (κ3) is 3.41. The first kappa shape index (κ1) is 13.7. The van der Waals surface area contributed by atoms with Crippen molar-refractivity contribution in [3.05, 3.63) is 0 Å². The van der Waals surface area contributed by atoms with Gasteiger partial charge in [-0.15, -0.1) is 0 Å². The number of thioether (sulfide) groups is 1. The predicted octanol–water partition coefficient (Wildman–Crippen LogP) is 4.07. The Bertz CT molecular complexity index is 221. The van der Waals surface area contributed by atoms with Crippen molar-refractivity contribution in [2.24, 2.45) is 11.8 Å². The van der Waals surface area contributed by atoms with Crippen LogP contribution in [0.15, 0.2) is 0 Å². The largest absolute Gasteiger partial charge is 0.310 e. The Morgan fingerprint density at radius 1 is 1.00 bits per heavy atom. The van der Waals surface area contributed by atoms with Crippen molar-refractivity contribution in [3.63, 3.8) is 0 Å². The van der Waals surface area contributed by atoms with Crippen LogP contribution in [0.5, 0.6) is 0 Å². The summed E-state index contributed by atoms with van der Waals surface area (Å²) in [6, 6.07) is 1.58. The van der Waals surface area contributed by atoms with Gasteiger partial charge in [0.2, 0.25) is 0 Å². The van der Waals surface area contributed by atoms with Gasteiger partial charge in [-0.25, -0.2) is 0 Å². The van der Waals surface area contributed by atoms with Crippen molar-refractivity contribution in [2.45, 2.75) is 76.6 Å². The quantitative estimate of drug-likeness (QED) is 0.812. The zero-order valence-corrected chi connectivity index (χ0v) is 12.6. The first-order valence-corrected chi connectivity index (χ1v) is 8.65. The summed E-state index contributed by atoms with van der Waals surface area (Å²) in [6.07, 6.45) is 8.59. The Kier molecular flexibility index (Phi) is 5.23. The third-order valence-electron chi connectivity index (χ3n) is 4.78. The molecule has 0 saturated heterocycles. The highest BCUT2D eigenvalue weighted by Crippen LogP contribution is 2.34. The van der Waals surface area contributed by atoms with Crippen LogP contribution in [0.3, 0.4) is 0 Å². The summed E-state index contributed by atoms with van der Waals surface area (Å²) < 4.78 is 0. The molecule has 0 spiro atoms. The summed E-state index contributed by atoms with van der Waals surface area (Å²) in [5.41, 5.74) is 0. The fourth-order valence-corrected chi connectivity index (χ4v) is 5.00. The lowest BCUT2D eigenvalue weighted by molar-refractivity contribution is 0.194. The molecule has 2 saturated carbocycles. The van der Waals surface area contributed by atoms with E-state index < -0.39 is 0 Å². The molecule has 0 aromatic carbocycles. The van der Waals surface area contributed by atoms with Crippen LogP contribution in [-0.2, 0) is 0 Å². The zero-order chi connectivity index (χ0) is 12.3. The average Bonchev–Trinajstić information content (AvgIpc) is 2.72. The molecule has 2 aliphatic carbocycles. The minimum absolute atomic E-state index is 0.784. The SMILES string of the molecule is CCSC1CCCC1NC1C(C)CCCC1C. The van der Waals surface area contributed by atoms with Gasteiger partial charge in [-0.2, -0.15) is 11.8 Å². The van der Waals surface area contributed by atoms with Gasteiger partial charge < -0.3 is 5.32 Å². The van der Waals surface area contributed by atoms with Crippen molar-refractivity contribution in [2.75, 3.05) is 5.75 Å². The second-order valence-electron chi connectivity index (χ2n) is 6.11. The van der Waals surface area contributed by atoms with E-state index in [1.807, 2.05) is 0 Å². The van der Waals surface area contributed by atoms with Gasteiger partial charge in [-0.1, -0.05) is 33.6 Å². The molecule has 1 nitrogen and oxygen atoms in total. The van der Waals surface area contributed by atoms with Crippen LogP contribution < -0.4 is 5.32 Å². The third-order valence-corrected chi connectivity index (χ3v) is 6.11. The van der Waals surface area contributed by atoms with Gasteiger partial charge in [0.15, 0.2) is 0 Å². The maximum atomic E-state index is 4.03. The van der Waals surface area contributed by atoms with Gasteiger partial charge in [0, 0.05) is 17.3 Å². The molecule has 17 heavy (non-hydrogen) atoms. The van der Waals surface area contributed by atoms with E-state index in [4.69, 9.17) is 0 Å². The maximum Gasteiger partial charge on any atom is 0.0201 e. The number of hydrogen-bond acceptors (Lipinski definition) is 2. The molecule has 4 unspecified atom stereocenters. The lowest BCUT2D eigenvalue weighted by Gasteiger charge is -2.38. The second-order valence-corrected chi connectivity index (χ2v) is 7.63. The first-order valence-electron chi connectivity index (χ1n) is 7.60. The molecule has 0 radical (unpaired) electrons. The maximum absolute atomic E-state index is 4.03. The Morgan fingerprint density at radius 3 is 2.29 bits per heavy atom. The molecule has 0 aliphatic heterocycles. The summed E-state index contributed by atoms with van der Waals surface area (Å²) in [6.45, 7) is 7.19. The minimum Gasteiger partial charge on any atom is -0.310 e. The van der Waals surface area contributed by atoms with Crippen LogP contribution in [0.4, 0.5) is 0 Å². The highest BCUT2D eigenvalue weighted by Gasteiger charge is 2.34. The fourth-order valence-electron chi connectivity index (χ4n) is 3.79. The molecule has 0 aromatic rings. The zero-order valence-electron chi connectivity index (χ0n) is 11.7. The van der Waals surface area contributed by atoms with Crippen LogP contribution >= 0.6 is 11.8 Å². The Labute approximate surface area is 112 Å². The second kappa shape index (κ2) is 6.47. The first-order chi connectivity index (χ1) is 8.22. The van der Waals surface area contributed by atoms with E-state index in [1.165, 1.54) is 44.3 Å². The molecule has 0 bridgehead atoms. The van der Waals surface area contributed by atoms with Gasteiger partial charge in [0.05, 0.1) is 0 Å². The van der Waals surface area contributed by atoms with E-state index in [0.29, 0.717) is 0 Å². The van der Waals surface area contributed by atoms with Gasteiger partial charge in [-0.05, 0) is 43.3 Å². The van der Waals surface area contributed by atoms with E-state index in [2.05, 4.69) is 37.8 Å². The van der Waals surface area contributed by atoms with Crippen LogP contribution in [0.25, 0.3) is 0 Å². The Morgan fingerprint density at radius 2 is 1.65 bits per heavy atom. The van der Waals surface area contributed by atoms with Crippen molar-refractivity contribution in [1.29, 1.82) is 0 Å². The van der Waals surface area contributed by atoms with Crippen molar-refractivity contribution < 1.29 is 0 Å². The van der Waals surface area contributed by atoms with E-state index >= 15 is 0 Å². The lowest BCUT2D eigenvalue weighted by atomic mass is 9.78. The minimum atomic E-state index is 0.784. The van der Waals surface area contributed by atoms with Gasteiger partial charge in [0.25, 0.3) is 0 Å². The predicted molar refractivity (Wildman–Crippen MR) is 78.7 cm³/mol. The molecule has 1 N–H and O–H groups in total. The van der Waals surface area contributed by atoms with Gasteiger partial charge in [0.1, 0.15) is 0 Å². The molecule has 2 rings (SSSR count). The van der Waals surface area contributed by atoms with Crippen molar-refractivity contribution in [3.8, 4) is 0 Å². The van der Waals surface area contributed by atoms with Gasteiger partial charge >= 0.3 is 0 Å². The van der Waals surface area contributed by atoms with Crippen LogP contribution in [0.1, 0.15) is 59.3 Å². The Balaban J connectivity index is 1.89. The fraction of sp³-hybridized carbons (Fsp3) is 1.00. The molecule has 2 fully saturated rings. The topological polar surface area (TPSA) is 12.0 Å². The highest BCUT2D eigenvalue weighted by molar-refractivity contribution is 7.99. The standard InChI is InChI=1S/C15H29NS/c1-4-17-14-10-6-9-13(14)16-15-11(2)7-5-8-12(15)3/h11-16H,4-10H2,1-3H3. The molecule has 0 aromatic heterocycles. The number of nitrogens with one attached hydrogen (secondary N) is 1. The van der Waals surface area contributed by atoms with Crippen molar-refractivity contribution in [1.82, 2.24) is 5.32 Å². The molecule has 0 heterocycles. The van der Waals surface area contributed by atoms with Gasteiger partial charge in [-0.3, -0.25) is 0 Å². The summed E-state index contributed by atoms with van der Waals surface area (Å²) in [5, 5.41) is 4.92. The van der Waals surface area contributed by atoms with Crippen LogP contribution in [0, 0.1) is 11.8 Å². The van der Waals surface area contributed by atoms with E-state index in [0.717, 1.165) is 29.2 Å². The lowest BCUT2D eigenvalue weighted by Crippen LogP contribution is -2.49. The summed E-state index contributed by atoms with van der Waals surface area (Å²) in [7, 11) is 0. The normalized spacial score (nSPS) is 42.9. The smallest absolute Gasteiger partial charge is 0.0201 e. The van der Waals surface area contributed by atoms with Crippen LogP contribution in [-0.4, -0.2) is 23.1 Å². The Hall–Kier alpha value is 0.310. The van der Waals surface area contributed by atoms with Crippen LogP contribution in [0.2, 0.25) is 0 Å². The summed E-state index contributed by atoms with van der Waals surface area (Å²) in [4.78, 5) is 0. The average molecular weight is 255 g/mol. The molecular formula is C15H29NS. The number of hydrogen-bond donors (Lipinski definition) is 1. The molecule has 100 valence electrons. The highest BCUT2D eigenvalue weighted by atomic mass is 32.2. The van der Waals surface area contributed by atoms with Crippen molar-refractivity contribution >= 4 is 11.8 Å². The summed E-state index contributed by atoms with van der Waals surface area (Å²) >= 11 is 2.18. The number of rotatable bonds is 4. The van der Waals surface area contributed by atoms with E-state index in [1.54, 1.807) is 0 Å². The molecule has 2 aliphatic rings. The molecular weight excluding hydrogens is 226 g/mol. The van der Waals surface area contributed by atoms with E-state index in [-0.39, 0.29) is 0 Å². The molecule has 0 amide bonds. The van der Waals surface area contributed by atoms with E-state index in [9.17, 15) is 0 Å².